The molecule has 0 fully saturated rings. The van der Waals surface area contributed by atoms with E-state index in [0.29, 0.717) is 0 Å². The third kappa shape index (κ3) is 2.57. The fourth-order valence-electron chi connectivity index (χ4n) is 1.85. The molecular formula is C14H12BrN3S. The second-order valence-corrected chi connectivity index (χ2v) is 5.95. The molecule has 0 atom stereocenters. The zero-order valence-electron chi connectivity index (χ0n) is 10.3. The van der Waals surface area contributed by atoms with Crippen molar-refractivity contribution in [3.63, 3.8) is 0 Å². The molecule has 0 amide bonds. The minimum atomic E-state index is 0.948. The second kappa shape index (κ2) is 5.19. The van der Waals surface area contributed by atoms with Crippen LogP contribution in [-0.4, -0.2) is 9.78 Å². The highest BCUT2D eigenvalue weighted by atomic mass is 79.9. The summed E-state index contributed by atoms with van der Waals surface area (Å²) in [4.78, 5) is 1.29. The van der Waals surface area contributed by atoms with E-state index in [1.807, 2.05) is 7.05 Å². The number of hydrogen-bond acceptors (Lipinski definition) is 3. The maximum absolute atomic E-state index is 4.18. The SMILES string of the molecule is Cn1ncc(Br)c1Nc1ccc(-c2cccs2)cc1. The van der Waals surface area contributed by atoms with Gasteiger partial charge in [-0.3, -0.25) is 4.68 Å². The van der Waals surface area contributed by atoms with Crippen LogP contribution in [-0.2, 0) is 7.05 Å². The molecular weight excluding hydrogens is 322 g/mol. The molecule has 0 radical (unpaired) electrons. The summed E-state index contributed by atoms with van der Waals surface area (Å²) in [5.74, 6) is 0.948. The number of nitrogens with zero attached hydrogens (tertiary/aromatic N) is 2. The molecule has 2 aromatic heterocycles. The summed E-state index contributed by atoms with van der Waals surface area (Å²) < 4.78 is 2.76. The lowest BCUT2D eigenvalue weighted by molar-refractivity contribution is 0.776. The molecule has 0 aliphatic heterocycles. The predicted octanol–water partition coefficient (Wildman–Crippen LogP) is 4.65. The zero-order valence-corrected chi connectivity index (χ0v) is 12.7. The number of hydrogen-bond donors (Lipinski definition) is 1. The number of benzene rings is 1. The van der Waals surface area contributed by atoms with Crippen molar-refractivity contribution in [2.45, 2.75) is 0 Å². The molecule has 2 heterocycles. The number of aryl methyl sites for hydroxylation is 1. The van der Waals surface area contributed by atoms with Crippen LogP contribution in [0.3, 0.4) is 0 Å². The van der Waals surface area contributed by atoms with E-state index in [1.54, 1.807) is 22.2 Å². The third-order valence-electron chi connectivity index (χ3n) is 2.85. The number of anilines is 2. The largest absolute Gasteiger partial charge is 0.340 e. The highest BCUT2D eigenvalue weighted by Gasteiger charge is 2.06. The molecule has 0 aliphatic rings. The van der Waals surface area contributed by atoms with Gasteiger partial charge in [0.15, 0.2) is 0 Å². The van der Waals surface area contributed by atoms with Crippen LogP contribution < -0.4 is 5.32 Å². The lowest BCUT2D eigenvalue weighted by atomic mass is 10.2. The van der Waals surface area contributed by atoms with Crippen molar-refractivity contribution >= 4 is 38.8 Å². The van der Waals surface area contributed by atoms with E-state index in [4.69, 9.17) is 0 Å². The standard InChI is InChI=1S/C14H12BrN3S/c1-18-14(12(15)9-16-18)17-11-6-4-10(5-7-11)13-3-2-8-19-13/h2-9,17H,1H3. The van der Waals surface area contributed by atoms with E-state index in [1.165, 1.54) is 10.4 Å². The zero-order chi connectivity index (χ0) is 13.2. The molecule has 0 unspecified atom stereocenters. The quantitative estimate of drug-likeness (QED) is 0.755. The first kappa shape index (κ1) is 12.4. The second-order valence-electron chi connectivity index (χ2n) is 4.14. The van der Waals surface area contributed by atoms with Gasteiger partial charge >= 0.3 is 0 Å². The van der Waals surface area contributed by atoms with Gasteiger partial charge in [0.05, 0.1) is 10.7 Å². The van der Waals surface area contributed by atoms with E-state index >= 15 is 0 Å². The normalized spacial score (nSPS) is 10.6. The molecule has 0 aliphatic carbocycles. The van der Waals surface area contributed by atoms with E-state index in [9.17, 15) is 0 Å². The Morgan fingerprint density at radius 2 is 2.00 bits per heavy atom. The summed E-state index contributed by atoms with van der Waals surface area (Å²) >= 11 is 5.23. The number of halogens is 1. The Labute approximate surface area is 124 Å². The molecule has 96 valence electrons. The number of nitrogens with one attached hydrogen (secondary N) is 1. The molecule has 3 nitrogen and oxygen atoms in total. The van der Waals surface area contributed by atoms with Crippen molar-refractivity contribution in [1.82, 2.24) is 9.78 Å². The summed E-state index contributed by atoms with van der Waals surface area (Å²) in [5.41, 5.74) is 2.29. The van der Waals surface area contributed by atoms with Crippen LogP contribution in [0.1, 0.15) is 0 Å². The van der Waals surface area contributed by atoms with Crippen LogP contribution in [0.25, 0.3) is 10.4 Å². The smallest absolute Gasteiger partial charge is 0.142 e. The molecule has 3 aromatic rings. The topological polar surface area (TPSA) is 29.9 Å². The molecule has 5 heteroatoms. The molecule has 19 heavy (non-hydrogen) atoms. The van der Waals surface area contributed by atoms with Crippen LogP contribution in [0.2, 0.25) is 0 Å². The highest BCUT2D eigenvalue weighted by Crippen LogP contribution is 2.28. The fourth-order valence-corrected chi connectivity index (χ4v) is 3.03. The summed E-state index contributed by atoms with van der Waals surface area (Å²) in [7, 11) is 1.91. The van der Waals surface area contributed by atoms with Gasteiger partial charge in [-0.05, 0) is 45.1 Å². The lowest BCUT2D eigenvalue weighted by Gasteiger charge is -2.08. The minimum Gasteiger partial charge on any atom is -0.340 e. The Kier molecular flexibility index (Phi) is 3.40. The first-order valence-electron chi connectivity index (χ1n) is 5.82. The Bertz CT molecular complexity index is 652. The average molecular weight is 334 g/mol. The molecule has 0 saturated heterocycles. The Balaban J connectivity index is 1.84. The van der Waals surface area contributed by atoms with E-state index < -0.39 is 0 Å². The van der Waals surface area contributed by atoms with Gasteiger partial charge in [-0.15, -0.1) is 11.3 Å². The van der Waals surface area contributed by atoms with Gasteiger partial charge in [0.1, 0.15) is 5.82 Å². The molecule has 0 saturated carbocycles. The first-order valence-corrected chi connectivity index (χ1v) is 7.50. The average Bonchev–Trinajstić information content (AvgIpc) is 3.05. The Morgan fingerprint density at radius 3 is 2.58 bits per heavy atom. The monoisotopic (exact) mass is 333 g/mol. The number of thiophene rings is 1. The van der Waals surface area contributed by atoms with E-state index in [-0.39, 0.29) is 0 Å². The molecule has 0 spiro atoms. The van der Waals surface area contributed by atoms with E-state index in [2.05, 4.69) is 68.1 Å². The van der Waals surface area contributed by atoms with E-state index in [0.717, 1.165) is 16.0 Å². The summed E-state index contributed by atoms with van der Waals surface area (Å²) in [6.07, 6.45) is 1.78. The van der Waals surface area contributed by atoms with Crippen LogP contribution >= 0.6 is 27.3 Å². The van der Waals surface area contributed by atoms with Crippen LogP contribution in [0.5, 0.6) is 0 Å². The number of aromatic nitrogens is 2. The lowest BCUT2D eigenvalue weighted by Crippen LogP contribution is -1.99. The Morgan fingerprint density at radius 1 is 1.21 bits per heavy atom. The Hall–Kier alpha value is -1.59. The van der Waals surface area contributed by atoms with Crippen molar-refractivity contribution < 1.29 is 0 Å². The van der Waals surface area contributed by atoms with Gasteiger partial charge in [0.2, 0.25) is 0 Å². The molecule has 1 aromatic carbocycles. The van der Waals surface area contributed by atoms with Gasteiger partial charge in [-0.25, -0.2) is 0 Å². The predicted molar refractivity (Wildman–Crippen MR) is 83.9 cm³/mol. The van der Waals surface area contributed by atoms with Crippen LogP contribution in [0.15, 0.2) is 52.4 Å². The summed E-state index contributed by atoms with van der Waals surface area (Å²) in [5, 5.41) is 9.62. The summed E-state index contributed by atoms with van der Waals surface area (Å²) in [6, 6.07) is 12.6. The maximum atomic E-state index is 4.18. The van der Waals surface area contributed by atoms with Crippen molar-refractivity contribution in [2.24, 2.45) is 7.05 Å². The van der Waals surface area contributed by atoms with Gasteiger partial charge in [-0.1, -0.05) is 18.2 Å². The molecule has 0 bridgehead atoms. The van der Waals surface area contributed by atoms with Gasteiger partial charge in [0.25, 0.3) is 0 Å². The van der Waals surface area contributed by atoms with Crippen molar-refractivity contribution in [1.29, 1.82) is 0 Å². The van der Waals surface area contributed by atoms with Gasteiger partial charge < -0.3 is 5.32 Å². The number of rotatable bonds is 3. The maximum Gasteiger partial charge on any atom is 0.142 e. The molecule has 3 rings (SSSR count). The fraction of sp³-hybridized carbons (Fsp3) is 0.0714. The van der Waals surface area contributed by atoms with Crippen molar-refractivity contribution in [3.05, 3.63) is 52.4 Å². The summed E-state index contributed by atoms with van der Waals surface area (Å²) in [6.45, 7) is 0. The van der Waals surface area contributed by atoms with Crippen LogP contribution in [0, 0.1) is 0 Å². The first-order chi connectivity index (χ1) is 9.24. The van der Waals surface area contributed by atoms with Gasteiger partial charge in [-0.2, -0.15) is 5.10 Å². The minimum absolute atomic E-state index is 0.948. The van der Waals surface area contributed by atoms with Crippen molar-refractivity contribution in [2.75, 3.05) is 5.32 Å². The van der Waals surface area contributed by atoms with Gasteiger partial charge in [0, 0.05) is 17.6 Å². The molecule has 1 N–H and O–H groups in total. The van der Waals surface area contributed by atoms with Crippen LogP contribution in [0.4, 0.5) is 11.5 Å². The highest BCUT2D eigenvalue weighted by molar-refractivity contribution is 9.10. The van der Waals surface area contributed by atoms with Crippen molar-refractivity contribution in [3.8, 4) is 10.4 Å². The third-order valence-corrected chi connectivity index (χ3v) is 4.35.